The average molecular weight is 364 g/mol. The van der Waals surface area contributed by atoms with Crippen LogP contribution in [0.4, 0.5) is 0 Å². The lowest BCUT2D eigenvalue weighted by atomic mass is 10.1. The van der Waals surface area contributed by atoms with Crippen LogP contribution in [0.1, 0.15) is 26.3 Å². The Labute approximate surface area is 157 Å². The quantitative estimate of drug-likeness (QED) is 0.758. The van der Waals surface area contributed by atoms with Crippen LogP contribution in [0.25, 0.3) is 0 Å². The molecule has 4 rings (SSSR count). The van der Waals surface area contributed by atoms with Crippen LogP contribution >= 0.6 is 0 Å². The maximum Gasteiger partial charge on any atom is 0.262 e. The largest absolute Gasteiger partial charge is 0.339 e. The number of fused-ring (bicyclic) bond motifs is 1. The summed E-state index contributed by atoms with van der Waals surface area (Å²) in [5.41, 5.74) is 1.94. The van der Waals surface area contributed by atoms with Crippen molar-refractivity contribution in [3.8, 4) is 0 Å². The third-order valence-corrected chi connectivity index (χ3v) is 5.05. The van der Waals surface area contributed by atoms with E-state index in [1.54, 1.807) is 41.6 Å². The summed E-state index contributed by atoms with van der Waals surface area (Å²) in [6, 6.07) is 10.7. The number of hydrogen-bond donors (Lipinski definition) is 0. The minimum absolute atomic E-state index is 0.187. The van der Waals surface area contributed by atoms with Gasteiger partial charge in [0, 0.05) is 45.1 Å². The Morgan fingerprint density at radius 1 is 0.889 bits per heavy atom. The van der Waals surface area contributed by atoms with Gasteiger partial charge in [0.15, 0.2) is 0 Å². The molecule has 7 nitrogen and oxygen atoms in total. The van der Waals surface area contributed by atoms with Crippen molar-refractivity contribution in [3.63, 3.8) is 0 Å². The maximum absolute atomic E-state index is 12.6. The summed E-state index contributed by atoms with van der Waals surface area (Å²) in [7, 11) is 0. The number of piperazine rings is 1. The Kier molecular flexibility index (Phi) is 4.68. The summed E-state index contributed by atoms with van der Waals surface area (Å²) in [6.07, 6.45) is 3.55. The molecule has 2 aliphatic heterocycles. The molecule has 0 unspecified atom stereocenters. The van der Waals surface area contributed by atoms with Gasteiger partial charge in [-0.15, -0.1) is 0 Å². The van der Waals surface area contributed by atoms with E-state index >= 15 is 0 Å². The molecule has 0 spiro atoms. The lowest BCUT2D eigenvalue weighted by Gasteiger charge is -2.35. The highest BCUT2D eigenvalue weighted by Gasteiger charge is 2.37. The van der Waals surface area contributed by atoms with Gasteiger partial charge < -0.3 is 4.90 Å². The first kappa shape index (κ1) is 17.4. The van der Waals surface area contributed by atoms with Gasteiger partial charge in [-0.1, -0.05) is 12.1 Å². The number of hydrogen-bond acceptors (Lipinski definition) is 5. The topological polar surface area (TPSA) is 73.8 Å². The monoisotopic (exact) mass is 364 g/mol. The second-order valence-electron chi connectivity index (χ2n) is 6.75. The van der Waals surface area contributed by atoms with Crippen molar-refractivity contribution in [3.05, 3.63) is 65.5 Å². The zero-order valence-corrected chi connectivity index (χ0v) is 14.9. The zero-order chi connectivity index (χ0) is 18.8. The molecule has 0 aliphatic carbocycles. The summed E-state index contributed by atoms with van der Waals surface area (Å²) in [4.78, 5) is 46.5. The van der Waals surface area contributed by atoms with Crippen molar-refractivity contribution in [1.29, 1.82) is 0 Å². The van der Waals surface area contributed by atoms with Gasteiger partial charge in [0.05, 0.1) is 11.1 Å². The van der Waals surface area contributed by atoms with E-state index in [9.17, 15) is 14.4 Å². The van der Waals surface area contributed by atoms with E-state index in [1.165, 1.54) is 5.56 Å². The average Bonchev–Trinajstić information content (AvgIpc) is 2.94. The molecule has 27 heavy (non-hydrogen) atoms. The van der Waals surface area contributed by atoms with Crippen molar-refractivity contribution in [2.24, 2.45) is 0 Å². The first-order valence-corrected chi connectivity index (χ1v) is 8.98. The molecule has 0 atom stereocenters. The van der Waals surface area contributed by atoms with Crippen LogP contribution in [0, 0.1) is 0 Å². The normalized spacial score (nSPS) is 17.3. The number of nitrogens with zero attached hydrogens (tertiary/aromatic N) is 4. The highest BCUT2D eigenvalue weighted by molar-refractivity contribution is 6.22. The predicted octanol–water partition coefficient (Wildman–Crippen LogP) is 1.02. The van der Waals surface area contributed by atoms with Gasteiger partial charge >= 0.3 is 0 Å². The summed E-state index contributed by atoms with van der Waals surface area (Å²) >= 11 is 0. The SMILES string of the molecule is O=C(CN1C(=O)c2ccccc2C1=O)N1CCN(Cc2ccncc2)CC1. The minimum atomic E-state index is -0.389. The van der Waals surface area contributed by atoms with E-state index < -0.39 is 0 Å². The number of imide groups is 1. The maximum atomic E-state index is 12.6. The molecule has 0 bridgehead atoms. The fourth-order valence-corrected chi connectivity index (χ4v) is 3.52. The molecular weight excluding hydrogens is 344 g/mol. The Hall–Kier alpha value is -3.06. The Morgan fingerprint density at radius 2 is 1.48 bits per heavy atom. The molecule has 1 aromatic heterocycles. The van der Waals surface area contributed by atoms with Crippen LogP contribution in [0.2, 0.25) is 0 Å². The highest BCUT2D eigenvalue weighted by atomic mass is 16.2. The van der Waals surface area contributed by atoms with Crippen LogP contribution < -0.4 is 0 Å². The van der Waals surface area contributed by atoms with Crippen LogP contribution in [-0.2, 0) is 11.3 Å². The van der Waals surface area contributed by atoms with Gasteiger partial charge in [0.2, 0.25) is 5.91 Å². The van der Waals surface area contributed by atoms with Gasteiger partial charge in [0.25, 0.3) is 11.8 Å². The van der Waals surface area contributed by atoms with Gasteiger partial charge in [0.1, 0.15) is 6.54 Å². The molecule has 1 fully saturated rings. The second kappa shape index (κ2) is 7.28. The van der Waals surface area contributed by atoms with E-state index in [4.69, 9.17) is 0 Å². The number of pyridine rings is 1. The number of carbonyl (C=O) groups is 3. The molecule has 3 heterocycles. The first-order valence-electron chi connectivity index (χ1n) is 8.98. The lowest BCUT2D eigenvalue weighted by Crippen LogP contribution is -2.51. The standard InChI is InChI=1S/C20H20N4O3/c25-18(14-24-19(26)16-3-1-2-4-17(16)20(24)27)23-11-9-22(10-12-23)13-15-5-7-21-8-6-15/h1-8H,9-14H2. The Bertz CT molecular complexity index is 841. The molecule has 1 saturated heterocycles. The molecule has 2 aliphatic rings. The lowest BCUT2D eigenvalue weighted by molar-refractivity contribution is -0.133. The number of carbonyl (C=O) groups excluding carboxylic acids is 3. The smallest absolute Gasteiger partial charge is 0.262 e. The van der Waals surface area contributed by atoms with E-state index in [-0.39, 0.29) is 24.3 Å². The molecule has 0 radical (unpaired) electrons. The molecule has 2 aromatic rings. The molecule has 7 heteroatoms. The summed E-state index contributed by atoms with van der Waals surface area (Å²) in [6.45, 7) is 3.33. The summed E-state index contributed by atoms with van der Waals surface area (Å²) in [5.74, 6) is -0.964. The van der Waals surface area contributed by atoms with Gasteiger partial charge in [-0.05, 0) is 29.8 Å². The van der Waals surface area contributed by atoms with Crippen LogP contribution in [0.15, 0.2) is 48.8 Å². The van der Waals surface area contributed by atoms with E-state index in [0.29, 0.717) is 24.2 Å². The van der Waals surface area contributed by atoms with Crippen molar-refractivity contribution in [2.75, 3.05) is 32.7 Å². The predicted molar refractivity (Wildman–Crippen MR) is 97.9 cm³/mol. The van der Waals surface area contributed by atoms with Crippen LogP contribution in [0.3, 0.4) is 0 Å². The Morgan fingerprint density at radius 3 is 2.07 bits per heavy atom. The molecule has 1 aromatic carbocycles. The number of benzene rings is 1. The van der Waals surface area contributed by atoms with Crippen molar-refractivity contribution in [2.45, 2.75) is 6.54 Å². The summed E-state index contributed by atoms with van der Waals surface area (Å²) in [5, 5.41) is 0. The molecule has 138 valence electrons. The first-order chi connectivity index (χ1) is 13.1. The minimum Gasteiger partial charge on any atom is -0.339 e. The van der Waals surface area contributed by atoms with Gasteiger partial charge in [-0.25, -0.2) is 0 Å². The van der Waals surface area contributed by atoms with Crippen molar-refractivity contribution in [1.82, 2.24) is 19.7 Å². The van der Waals surface area contributed by atoms with Crippen LogP contribution in [-0.4, -0.2) is 70.1 Å². The summed E-state index contributed by atoms with van der Waals surface area (Å²) < 4.78 is 0. The van der Waals surface area contributed by atoms with E-state index in [1.807, 2.05) is 12.1 Å². The Balaban J connectivity index is 1.33. The van der Waals surface area contributed by atoms with Crippen molar-refractivity contribution >= 4 is 17.7 Å². The number of aromatic nitrogens is 1. The van der Waals surface area contributed by atoms with E-state index in [0.717, 1.165) is 24.5 Å². The number of amides is 3. The molecule has 0 saturated carbocycles. The number of rotatable bonds is 4. The molecule has 0 N–H and O–H groups in total. The molecule has 3 amide bonds. The molecular formula is C20H20N4O3. The fraction of sp³-hybridized carbons (Fsp3) is 0.300. The third-order valence-electron chi connectivity index (χ3n) is 5.05. The fourth-order valence-electron chi connectivity index (χ4n) is 3.52. The van der Waals surface area contributed by atoms with Crippen molar-refractivity contribution < 1.29 is 14.4 Å². The van der Waals surface area contributed by atoms with Gasteiger partial charge in [-0.3, -0.25) is 29.2 Å². The van der Waals surface area contributed by atoms with Crippen LogP contribution in [0.5, 0.6) is 0 Å². The highest BCUT2D eigenvalue weighted by Crippen LogP contribution is 2.22. The third kappa shape index (κ3) is 3.46. The second-order valence-corrected chi connectivity index (χ2v) is 6.75. The van der Waals surface area contributed by atoms with Gasteiger partial charge in [-0.2, -0.15) is 0 Å². The zero-order valence-electron chi connectivity index (χ0n) is 14.9. The van der Waals surface area contributed by atoms with E-state index in [2.05, 4.69) is 9.88 Å².